The van der Waals surface area contributed by atoms with E-state index in [0.717, 1.165) is 12.0 Å². The second-order valence-electron chi connectivity index (χ2n) is 5.27. The van der Waals surface area contributed by atoms with Crippen LogP contribution in [0, 0.1) is 16.0 Å². The van der Waals surface area contributed by atoms with Crippen LogP contribution in [0.5, 0.6) is 0 Å². The summed E-state index contributed by atoms with van der Waals surface area (Å²) >= 11 is 5.98. The van der Waals surface area contributed by atoms with E-state index in [1.165, 1.54) is 18.2 Å². The van der Waals surface area contributed by atoms with Crippen molar-refractivity contribution in [2.45, 2.75) is 12.3 Å². The Bertz CT molecular complexity index is 733. The zero-order valence-electron chi connectivity index (χ0n) is 11.5. The lowest BCUT2D eigenvalue weighted by Crippen LogP contribution is -2.14. The maximum atomic E-state index is 12.2. The van der Waals surface area contributed by atoms with Gasteiger partial charge < -0.3 is 5.32 Å². The van der Waals surface area contributed by atoms with Crippen LogP contribution in [-0.4, -0.2) is 10.8 Å². The minimum Gasteiger partial charge on any atom is -0.324 e. The summed E-state index contributed by atoms with van der Waals surface area (Å²) in [5.74, 6) is 0.0521. The van der Waals surface area contributed by atoms with Gasteiger partial charge in [0.05, 0.1) is 15.6 Å². The predicted molar refractivity (Wildman–Crippen MR) is 84.0 cm³/mol. The highest BCUT2D eigenvalue weighted by Gasteiger charge is 2.43. The predicted octanol–water partition coefficient (Wildman–Crippen LogP) is 3.99. The lowest BCUT2D eigenvalue weighted by Gasteiger charge is -2.07. The number of rotatable bonds is 4. The van der Waals surface area contributed by atoms with E-state index in [0.29, 0.717) is 5.69 Å². The Morgan fingerprint density at radius 3 is 2.59 bits per heavy atom. The Labute approximate surface area is 132 Å². The number of nitrogens with zero attached hydrogens (tertiary/aromatic N) is 1. The molecule has 6 heteroatoms. The minimum absolute atomic E-state index is 0.0753. The van der Waals surface area contributed by atoms with Gasteiger partial charge in [-0.1, -0.05) is 41.9 Å². The Morgan fingerprint density at radius 2 is 1.95 bits per heavy atom. The van der Waals surface area contributed by atoms with E-state index in [1.807, 2.05) is 30.3 Å². The molecule has 0 bridgehead atoms. The average Bonchev–Trinajstić information content (AvgIpc) is 3.30. The number of amides is 1. The van der Waals surface area contributed by atoms with E-state index in [1.54, 1.807) is 0 Å². The summed E-state index contributed by atoms with van der Waals surface area (Å²) in [5.41, 5.74) is 1.45. The standard InChI is InChI=1S/C16H13ClN2O3/c17-14-8-11(19(21)22)6-7-15(14)18-16(20)13-9-12(13)10-4-2-1-3-5-10/h1-8,12-13H,9H2,(H,18,20). The number of carbonyl (C=O) groups excluding carboxylic acids is 1. The number of non-ortho nitro benzene ring substituents is 1. The van der Waals surface area contributed by atoms with Crippen molar-refractivity contribution in [2.75, 3.05) is 5.32 Å². The monoisotopic (exact) mass is 316 g/mol. The van der Waals surface area contributed by atoms with Crippen molar-refractivity contribution in [1.29, 1.82) is 0 Å². The average molecular weight is 317 g/mol. The highest BCUT2D eigenvalue weighted by molar-refractivity contribution is 6.34. The van der Waals surface area contributed by atoms with Crippen molar-refractivity contribution in [3.05, 3.63) is 69.2 Å². The van der Waals surface area contributed by atoms with Gasteiger partial charge in [-0.25, -0.2) is 0 Å². The molecular formula is C16H13ClN2O3. The van der Waals surface area contributed by atoms with Gasteiger partial charge in [-0.2, -0.15) is 0 Å². The molecule has 0 aromatic heterocycles. The molecule has 22 heavy (non-hydrogen) atoms. The third kappa shape index (κ3) is 2.94. The molecule has 2 atom stereocenters. The van der Waals surface area contributed by atoms with Crippen molar-refractivity contribution >= 4 is 28.9 Å². The largest absolute Gasteiger partial charge is 0.324 e. The van der Waals surface area contributed by atoms with Crippen LogP contribution < -0.4 is 5.32 Å². The Hall–Kier alpha value is -2.40. The topological polar surface area (TPSA) is 72.2 Å². The zero-order chi connectivity index (χ0) is 15.7. The highest BCUT2D eigenvalue weighted by atomic mass is 35.5. The highest BCUT2D eigenvalue weighted by Crippen LogP contribution is 2.48. The molecule has 2 unspecified atom stereocenters. The number of hydrogen-bond donors (Lipinski definition) is 1. The second kappa shape index (κ2) is 5.77. The van der Waals surface area contributed by atoms with Crippen LogP contribution in [-0.2, 0) is 4.79 Å². The van der Waals surface area contributed by atoms with Crippen molar-refractivity contribution < 1.29 is 9.72 Å². The van der Waals surface area contributed by atoms with E-state index in [4.69, 9.17) is 11.6 Å². The summed E-state index contributed by atoms with van der Waals surface area (Å²) in [6.07, 6.45) is 0.806. The molecule has 1 N–H and O–H groups in total. The molecule has 0 aliphatic heterocycles. The Kier molecular flexibility index (Phi) is 3.81. The van der Waals surface area contributed by atoms with Gasteiger partial charge in [0.25, 0.3) is 5.69 Å². The fraction of sp³-hybridized carbons (Fsp3) is 0.188. The molecular weight excluding hydrogens is 304 g/mol. The molecule has 0 saturated heterocycles. The fourth-order valence-corrected chi connectivity index (χ4v) is 2.72. The van der Waals surface area contributed by atoms with Crippen molar-refractivity contribution in [3.8, 4) is 0 Å². The molecule has 0 radical (unpaired) electrons. The van der Waals surface area contributed by atoms with Gasteiger partial charge in [0.2, 0.25) is 5.91 Å². The minimum atomic E-state index is -0.524. The first-order valence-electron chi connectivity index (χ1n) is 6.86. The van der Waals surface area contributed by atoms with Crippen LogP contribution in [0.1, 0.15) is 17.9 Å². The molecule has 2 aromatic rings. The van der Waals surface area contributed by atoms with Crippen LogP contribution in [0.25, 0.3) is 0 Å². The number of nitro benzene ring substituents is 1. The molecule has 1 aliphatic rings. The van der Waals surface area contributed by atoms with E-state index >= 15 is 0 Å². The summed E-state index contributed by atoms with van der Waals surface area (Å²) in [7, 11) is 0. The van der Waals surface area contributed by atoms with Crippen LogP contribution in [0.3, 0.4) is 0 Å². The fourth-order valence-electron chi connectivity index (χ4n) is 2.50. The number of nitro groups is 1. The number of nitrogens with one attached hydrogen (secondary N) is 1. The first-order chi connectivity index (χ1) is 10.6. The van der Waals surface area contributed by atoms with E-state index in [-0.39, 0.29) is 28.5 Å². The number of halogens is 1. The molecule has 1 aliphatic carbocycles. The maximum absolute atomic E-state index is 12.2. The number of anilines is 1. The van der Waals surface area contributed by atoms with Crippen LogP contribution in [0.15, 0.2) is 48.5 Å². The summed E-state index contributed by atoms with van der Waals surface area (Å²) in [6, 6.07) is 13.9. The second-order valence-corrected chi connectivity index (χ2v) is 5.68. The molecule has 1 amide bonds. The third-order valence-electron chi connectivity index (χ3n) is 3.78. The maximum Gasteiger partial charge on any atom is 0.271 e. The smallest absolute Gasteiger partial charge is 0.271 e. The van der Waals surface area contributed by atoms with Crippen molar-refractivity contribution in [3.63, 3.8) is 0 Å². The van der Waals surface area contributed by atoms with Gasteiger partial charge in [-0.05, 0) is 24.0 Å². The summed E-state index contributed by atoms with van der Waals surface area (Å²) < 4.78 is 0. The van der Waals surface area contributed by atoms with E-state index in [9.17, 15) is 14.9 Å². The number of benzene rings is 2. The van der Waals surface area contributed by atoms with Crippen LogP contribution >= 0.6 is 11.6 Å². The van der Waals surface area contributed by atoms with Crippen molar-refractivity contribution in [2.24, 2.45) is 5.92 Å². The molecule has 0 spiro atoms. The Morgan fingerprint density at radius 1 is 1.23 bits per heavy atom. The van der Waals surface area contributed by atoms with Gasteiger partial charge in [-0.3, -0.25) is 14.9 Å². The summed E-state index contributed by atoms with van der Waals surface area (Å²) in [6.45, 7) is 0. The molecule has 1 saturated carbocycles. The number of hydrogen-bond acceptors (Lipinski definition) is 3. The number of carbonyl (C=O) groups is 1. The van der Waals surface area contributed by atoms with Gasteiger partial charge in [0.1, 0.15) is 0 Å². The normalized spacial score (nSPS) is 19.5. The zero-order valence-corrected chi connectivity index (χ0v) is 12.3. The molecule has 1 fully saturated rings. The SMILES string of the molecule is O=C(Nc1ccc([N+](=O)[O-])cc1Cl)C1CC1c1ccccc1. The van der Waals surface area contributed by atoms with Gasteiger partial charge >= 0.3 is 0 Å². The van der Waals surface area contributed by atoms with Gasteiger partial charge in [0, 0.05) is 18.1 Å². The summed E-state index contributed by atoms with van der Waals surface area (Å²) in [5, 5.41) is 13.6. The quantitative estimate of drug-likeness (QED) is 0.684. The molecule has 2 aromatic carbocycles. The van der Waals surface area contributed by atoms with Crippen molar-refractivity contribution in [1.82, 2.24) is 0 Å². The lowest BCUT2D eigenvalue weighted by molar-refractivity contribution is -0.384. The first-order valence-corrected chi connectivity index (χ1v) is 7.24. The first kappa shape index (κ1) is 14.5. The van der Waals surface area contributed by atoms with E-state index in [2.05, 4.69) is 5.32 Å². The lowest BCUT2D eigenvalue weighted by atomic mass is 10.1. The van der Waals surface area contributed by atoms with Crippen LogP contribution in [0.2, 0.25) is 5.02 Å². The van der Waals surface area contributed by atoms with Gasteiger partial charge in [0.15, 0.2) is 0 Å². The third-order valence-corrected chi connectivity index (χ3v) is 4.09. The molecule has 5 nitrogen and oxygen atoms in total. The molecule has 112 valence electrons. The van der Waals surface area contributed by atoms with Gasteiger partial charge in [-0.15, -0.1) is 0 Å². The van der Waals surface area contributed by atoms with E-state index < -0.39 is 4.92 Å². The summed E-state index contributed by atoms with van der Waals surface area (Å²) in [4.78, 5) is 22.4. The Balaban J connectivity index is 1.67. The molecule has 0 heterocycles. The molecule has 3 rings (SSSR count). The van der Waals surface area contributed by atoms with Crippen LogP contribution in [0.4, 0.5) is 11.4 Å².